The second-order valence-corrected chi connectivity index (χ2v) is 5.84. The van der Waals surface area contributed by atoms with Gasteiger partial charge >= 0.3 is 0 Å². The Kier molecular flexibility index (Phi) is 4.15. The Morgan fingerprint density at radius 3 is 2.47 bits per heavy atom. The van der Waals surface area contributed by atoms with Crippen molar-refractivity contribution in [2.75, 3.05) is 33.2 Å². The molecule has 2 N–H and O–H groups in total. The van der Waals surface area contributed by atoms with Crippen LogP contribution in [0.25, 0.3) is 0 Å². The van der Waals surface area contributed by atoms with Gasteiger partial charge in [0.15, 0.2) is 0 Å². The van der Waals surface area contributed by atoms with E-state index >= 15 is 0 Å². The minimum Gasteiger partial charge on any atom is -0.327 e. The number of hydrogen-bond donors (Lipinski definition) is 1. The molecule has 0 amide bonds. The average molecular weight is 213 g/mol. The van der Waals surface area contributed by atoms with Gasteiger partial charge in [0, 0.05) is 38.3 Å². The van der Waals surface area contributed by atoms with E-state index in [1.54, 1.807) is 0 Å². The number of nitrogens with two attached hydrogens (primary N) is 1. The molecule has 0 aliphatic carbocycles. The topological polar surface area (TPSA) is 32.5 Å². The fourth-order valence-electron chi connectivity index (χ4n) is 1.99. The van der Waals surface area contributed by atoms with Crippen molar-refractivity contribution in [3.8, 4) is 0 Å². The lowest BCUT2D eigenvalue weighted by Gasteiger charge is -2.42. The van der Waals surface area contributed by atoms with Gasteiger partial charge in [0.2, 0.25) is 0 Å². The van der Waals surface area contributed by atoms with E-state index in [9.17, 15) is 0 Å². The zero-order valence-corrected chi connectivity index (χ0v) is 11.0. The molecule has 1 heterocycles. The van der Waals surface area contributed by atoms with Gasteiger partial charge in [-0.15, -0.1) is 0 Å². The number of hydrogen-bond acceptors (Lipinski definition) is 3. The van der Waals surface area contributed by atoms with E-state index in [-0.39, 0.29) is 11.5 Å². The quantitative estimate of drug-likeness (QED) is 0.759. The van der Waals surface area contributed by atoms with E-state index in [1.807, 2.05) is 0 Å². The summed E-state index contributed by atoms with van der Waals surface area (Å²) in [6, 6.07) is 0.926. The van der Waals surface area contributed by atoms with Gasteiger partial charge in [0.1, 0.15) is 0 Å². The second-order valence-electron chi connectivity index (χ2n) is 5.84. The van der Waals surface area contributed by atoms with Crippen LogP contribution in [0.5, 0.6) is 0 Å². The van der Waals surface area contributed by atoms with Gasteiger partial charge in [-0.3, -0.25) is 4.90 Å². The lowest BCUT2D eigenvalue weighted by atomic mass is 9.85. The van der Waals surface area contributed by atoms with E-state index in [0.717, 1.165) is 6.54 Å². The van der Waals surface area contributed by atoms with Gasteiger partial charge in [-0.2, -0.15) is 0 Å². The van der Waals surface area contributed by atoms with E-state index < -0.39 is 0 Å². The van der Waals surface area contributed by atoms with Crippen molar-refractivity contribution in [1.82, 2.24) is 9.80 Å². The first-order valence-electron chi connectivity index (χ1n) is 6.01. The zero-order chi connectivity index (χ0) is 11.6. The third-order valence-corrected chi connectivity index (χ3v) is 3.91. The molecule has 2 atom stereocenters. The zero-order valence-electron chi connectivity index (χ0n) is 11.0. The van der Waals surface area contributed by atoms with Gasteiger partial charge in [0.05, 0.1) is 0 Å². The molecule has 90 valence electrons. The largest absolute Gasteiger partial charge is 0.327 e. The highest BCUT2D eigenvalue weighted by Crippen LogP contribution is 2.22. The minimum absolute atomic E-state index is 0.218. The monoisotopic (exact) mass is 213 g/mol. The van der Waals surface area contributed by atoms with Crippen molar-refractivity contribution in [1.29, 1.82) is 0 Å². The van der Waals surface area contributed by atoms with Gasteiger partial charge in [-0.1, -0.05) is 13.8 Å². The molecular weight excluding hydrogens is 186 g/mol. The van der Waals surface area contributed by atoms with Crippen LogP contribution in [-0.4, -0.2) is 55.1 Å². The summed E-state index contributed by atoms with van der Waals surface area (Å²) < 4.78 is 0. The predicted octanol–water partition coefficient (Wildman–Crippen LogP) is 0.996. The molecule has 0 spiro atoms. The number of likely N-dealkylation sites (N-methyl/N-ethyl adjacent to an activating group) is 1. The maximum atomic E-state index is 6.01. The number of nitrogens with zero attached hydrogens (tertiary/aromatic N) is 2. The van der Waals surface area contributed by atoms with E-state index in [1.165, 1.54) is 19.6 Å². The van der Waals surface area contributed by atoms with Crippen molar-refractivity contribution in [3.63, 3.8) is 0 Å². The molecule has 0 radical (unpaired) electrons. The van der Waals surface area contributed by atoms with Crippen molar-refractivity contribution < 1.29 is 0 Å². The minimum atomic E-state index is 0.218. The van der Waals surface area contributed by atoms with E-state index in [0.29, 0.717) is 6.04 Å². The van der Waals surface area contributed by atoms with Crippen molar-refractivity contribution in [2.24, 2.45) is 11.1 Å². The van der Waals surface area contributed by atoms with Gasteiger partial charge in [-0.25, -0.2) is 0 Å². The Labute approximate surface area is 94.6 Å². The first-order valence-corrected chi connectivity index (χ1v) is 6.01. The van der Waals surface area contributed by atoms with Crippen LogP contribution in [0.1, 0.15) is 27.7 Å². The molecule has 1 rings (SSSR count). The molecule has 1 aliphatic rings. The molecule has 0 aromatic heterocycles. The number of rotatable bonds is 3. The highest BCUT2D eigenvalue weighted by Gasteiger charge is 2.29. The summed E-state index contributed by atoms with van der Waals surface area (Å²) in [6.07, 6.45) is 0. The maximum Gasteiger partial charge on any atom is 0.0192 e. The third kappa shape index (κ3) is 3.44. The Morgan fingerprint density at radius 1 is 1.40 bits per heavy atom. The molecule has 1 aliphatic heterocycles. The summed E-state index contributed by atoms with van der Waals surface area (Å²) in [6.45, 7) is 13.6. The van der Waals surface area contributed by atoms with E-state index in [2.05, 4.69) is 44.5 Å². The van der Waals surface area contributed by atoms with E-state index in [4.69, 9.17) is 5.73 Å². The third-order valence-electron chi connectivity index (χ3n) is 3.91. The normalized spacial score (nSPS) is 28.0. The van der Waals surface area contributed by atoms with Gasteiger partial charge in [-0.05, 0) is 26.3 Å². The summed E-state index contributed by atoms with van der Waals surface area (Å²) in [4.78, 5) is 4.98. The predicted molar refractivity (Wildman–Crippen MR) is 66.0 cm³/mol. The van der Waals surface area contributed by atoms with Crippen molar-refractivity contribution in [3.05, 3.63) is 0 Å². The Balaban J connectivity index is 2.46. The fourth-order valence-corrected chi connectivity index (χ4v) is 1.99. The Morgan fingerprint density at radius 2 is 2.00 bits per heavy atom. The molecule has 0 aromatic rings. The van der Waals surface area contributed by atoms with Gasteiger partial charge < -0.3 is 10.6 Å². The first kappa shape index (κ1) is 12.9. The summed E-state index contributed by atoms with van der Waals surface area (Å²) in [7, 11) is 2.21. The standard InChI is InChI=1S/C12H27N3/c1-10-8-15(7-6-14(10)5)9-12(3,4)11(2)13/h10-11H,6-9,13H2,1-5H3. The molecule has 0 saturated carbocycles. The molecule has 3 nitrogen and oxygen atoms in total. The molecule has 0 aromatic carbocycles. The van der Waals surface area contributed by atoms with Crippen LogP contribution >= 0.6 is 0 Å². The summed E-state index contributed by atoms with van der Waals surface area (Å²) in [5.41, 5.74) is 6.23. The summed E-state index contributed by atoms with van der Waals surface area (Å²) in [5.74, 6) is 0. The van der Waals surface area contributed by atoms with Crippen LogP contribution in [0.3, 0.4) is 0 Å². The number of piperazine rings is 1. The van der Waals surface area contributed by atoms with Crippen LogP contribution in [0, 0.1) is 5.41 Å². The highest BCUT2D eigenvalue weighted by molar-refractivity contribution is 4.85. The van der Waals surface area contributed by atoms with Crippen LogP contribution in [-0.2, 0) is 0 Å². The Bertz CT molecular complexity index is 201. The van der Waals surface area contributed by atoms with Crippen LogP contribution in [0.15, 0.2) is 0 Å². The van der Waals surface area contributed by atoms with Crippen molar-refractivity contribution in [2.45, 2.75) is 39.8 Å². The molecule has 0 bridgehead atoms. The molecular formula is C12H27N3. The summed E-state index contributed by atoms with van der Waals surface area (Å²) >= 11 is 0. The fraction of sp³-hybridized carbons (Fsp3) is 1.00. The van der Waals surface area contributed by atoms with Crippen LogP contribution < -0.4 is 5.73 Å². The maximum absolute atomic E-state index is 6.01. The lowest BCUT2D eigenvalue weighted by molar-refractivity contribution is 0.0686. The molecule has 15 heavy (non-hydrogen) atoms. The summed E-state index contributed by atoms with van der Waals surface area (Å²) in [5, 5.41) is 0. The van der Waals surface area contributed by atoms with Crippen molar-refractivity contribution >= 4 is 0 Å². The first-order chi connectivity index (χ1) is 6.83. The Hall–Kier alpha value is -0.120. The van der Waals surface area contributed by atoms with Crippen LogP contribution in [0.4, 0.5) is 0 Å². The second kappa shape index (κ2) is 4.81. The SMILES string of the molecule is CC1CN(CC(C)(C)C(C)N)CCN1C. The van der Waals surface area contributed by atoms with Gasteiger partial charge in [0.25, 0.3) is 0 Å². The molecule has 1 saturated heterocycles. The molecule has 3 heteroatoms. The molecule has 2 unspecified atom stereocenters. The molecule has 1 fully saturated rings. The highest BCUT2D eigenvalue weighted by atomic mass is 15.3. The lowest BCUT2D eigenvalue weighted by Crippen LogP contribution is -2.54. The van der Waals surface area contributed by atoms with Crippen LogP contribution in [0.2, 0.25) is 0 Å². The smallest absolute Gasteiger partial charge is 0.0192 e. The average Bonchev–Trinajstić information content (AvgIpc) is 2.10.